The molecule has 2 aromatic heterocycles. The molecule has 0 spiro atoms. The van der Waals surface area contributed by atoms with Crippen molar-refractivity contribution in [2.45, 2.75) is 25.3 Å². The van der Waals surface area contributed by atoms with E-state index >= 15 is 4.39 Å². The number of benzene rings is 2. The molecule has 0 unspecified atom stereocenters. The number of anilines is 1. The summed E-state index contributed by atoms with van der Waals surface area (Å²) in [4.78, 5) is 15.3. The van der Waals surface area contributed by atoms with Crippen LogP contribution >= 0.6 is 0 Å². The molecule has 0 aliphatic rings. The molecular weight excluding hydrogens is 481 g/mol. The van der Waals surface area contributed by atoms with Gasteiger partial charge < -0.3 is 0 Å². The third-order valence-corrected chi connectivity index (χ3v) is 7.03. The quantitative estimate of drug-likeness (QED) is 0.380. The highest BCUT2D eigenvalue weighted by Gasteiger charge is 2.34. The molecule has 7 nitrogen and oxygen atoms in total. The summed E-state index contributed by atoms with van der Waals surface area (Å²) >= 11 is 0. The van der Waals surface area contributed by atoms with Crippen molar-refractivity contribution in [3.8, 4) is 22.4 Å². The van der Waals surface area contributed by atoms with Crippen LogP contribution in [0.3, 0.4) is 0 Å². The van der Waals surface area contributed by atoms with Gasteiger partial charge >= 0.3 is 0 Å². The zero-order valence-electron chi connectivity index (χ0n) is 18.6. The first-order chi connectivity index (χ1) is 16.6. The Morgan fingerprint density at radius 2 is 1.74 bits per heavy atom. The van der Waals surface area contributed by atoms with Crippen molar-refractivity contribution < 1.29 is 26.4 Å². The van der Waals surface area contributed by atoms with Crippen LogP contribution in [0.4, 0.5) is 18.9 Å². The summed E-state index contributed by atoms with van der Waals surface area (Å²) in [6, 6.07) is 9.01. The minimum absolute atomic E-state index is 0.0809. The van der Waals surface area contributed by atoms with Gasteiger partial charge in [0.1, 0.15) is 22.2 Å². The van der Waals surface area contributed by atoms with Crippen LogP contribution in [-0.4, -0.2) is 29.1 Å². The molecule has 0 saturated carbocycles. The number of carbonyl (C=O) groups is 1. The molecule has 180 valence electrons. The van der Waals surface area contributed by atoms with Crippen molar-refractivity contribution in [3.63, 3.8) is 0 Å². The molecule has 0 N–H and O–H groups in total. The van der Waals surface area contributed by atoms with E-state index in [1.807, 2.05) is 6.92 Å². The fourth-order valence-electron chi connectivity index (χ4n) is 3.63. The lowest BCUT2D eigenvalue weighted by Crippen LogP contribution is -2.36. The standard InChI is InChI=1S/C24H19F3N4O3S/c1-3-30-14-19(16-9-11-28-12-10-16)24(29-30)18-5-4-6-21(23(18)27)31(15(2)32)35(33,34)22-13-17(25)7-8-20(22)26/h4-14H,3H2,1-2H3. The fraction of sp³-hybridized carbons (Fsp3) is 0.125. The van der Waals surface area contributed by atoms with E-state index in [1.165, 1.54) is 12.1 Å². The summed E-state index contributed by atoms with van der Waals surface area (Å²) in [6.45, 7) is 3.21. The van der Waals surface area contributed by atoms with Crippen molar-refractivity contribution in [1.82, 2.24) is 14.8 Å². The molecular formula is C24H19F3N4O3S. The first-order valence-electron chi connectivity index (χ1n) is 10.4. The Morgan fingerprint density at radius 3 is 2.40 bits per heavy atom. The lowest BCUT2D eigenvalue weighted by molar-refractivity contribution is -0.115. The fourth-order valence-corrected chi connectivity index (χ4v) is 5.14. The Morgan fingerprint density at radius 1 is 1.03 bits per heavy atom. The molecule has 0 bridgehead atoms. The molecule has 0 saturated heterocycles. The van der Waals surface area contributed by atoms with Gasteiger partial charge in [-0.05, 0) is 55.0 Å². The molecule has 2 heterocycles. The summed E-state index contributed by atoms with van der Waals surface area (Å²) in [5.41, 5.74) is 0.722. The van der Waals surface area contributed by atoms with Crippen molar-refractivity contribution in [2.24, 2.45) is 0 Å². The third-order valence-electron chi connectivity index (χ3n) is 5.23. The van der Waals surface area contributed by atoms with E-state index in [9.17, 15) is 22.0 Å². The number of halogens is 3. The molecule has 0 fully saturated rings. The van der Waals surface area contributed by atoms with E-state index in [0.717, 1.165) is 19.1 Å². The lowest BCUT2D eigenvalue weighted by atomic mass is 10.0. The van der Waals surface area contributed by atoms with Crippen LogP contribution in [0.1, 0.15) is 13.8 Å². The molecule has 0 atom stereocenters. The average molecular weight is 501 g/mol. The van der Waals surface area contributed by atoms with Gasteiger partial charge in [-0.25, -0.2) is 21.6 Å². The van der Waals surface area contributed by atoms with E-state index in [-0.39, 0.29) is 15.6 Å². The van der Waals surface area contributed by atoms with Crippen LogP contribution in [0.25, 0.3) is 22.4 Å². The molecule has 2 aromatic carbocycles. The Bertz CT molecular complexity index is 1520. The molecule has 11 heteroatoms. The van der Waals surface area contributed by atoms with Crippen LogP contribution in [-0.2, 0) is 21.4 Å². The van der Waals surface area contributed by atoms with Crippen LogP contribution in [0.2, 0.25) is 0 Å². The number of pyridine rings is 1. The zero-order chi connectivity index (χ0) is 25.3. The van der Waals surface area contributed by atoms with Crippen LogP contribution < -0.4 is 4.31 Å². The van der Waals surface area contributed by atoms with Crippen LogP contribution in [0.5, 0.6) is 0 Å². The van der Waals surface area contributed by atoms with Gasteiger partial charge in [0, 0.05) is 43.2 Å². The SMILES string of the molecule is CCn1cc(-c2ccncc2)c(-c2cccc(N(C(C)=O)S(=O)(=O)c3cc(F)ccc3F)c2F)n1. The number of hydrogen-bond acceptors (Lipinski definition) is 5. The van der Waals surface area contributed by atoms with E-state index in [0.29, 0.717) is 29.8 Å². The molecule has 4 rings (SSSR count). The van der Waals surface area contributed by atoms with Gasteiger partial charge in [-0.2, -0.15) is 9.40 Å². The second-order valence-electron chi connectivity index (χ2n) is 7.48. The van der Waals surface area contributed by atoms with Gasteiger partial charge in [0.15, 0.2) is 5.82 Å². The molecule has 1 amide bonds. The Kier molecular flexibility index (Phi) is 6.44. The zero-order valence-corrected chi connectivity index (χ0v) is 19.4. The van der Waals surface area contributed by atoms with Crippen molar-refractivity contribution in [2.75, 3.05) is 4.31 Å². The minimum Gasteiger partial charge on any atom is -0.274 e. The van der Waals surface area contributed by atoms with E-state index in [4.69, 9.17) is 0 Å². The number of rotatable bonds is 6. The number of sulfonamides is 1. The maximum atomic E-state index is 15.9. The second-order valence-corrected chi connectivity index (χ2v) is 9.24. The highest BCUT2D eigenvalue weighted by atomic mass is 32.2. The molecule has 0 aliphatic heterocycles. The summed E-state index contributed by atoms with van der Waals surface area (Å²) in [5.74, 6) is -4.50. The van der Waals surface area contributed by atoms with E-state index < -0.39 is 44.0 Å². The number of amides is 1. The number of carbonyl (C=O) groups excluding carboxylic acids is 1. The predicted molar refractivity (Wildman–Crippen MR) is 123 cm³/mol. The number of nitrogens with zero attached hydrogens (tertiary/aromatic N) is 4. The van der Waals surface area contributed by atoms with Gasteiger partial charge in [-0.1, -0.05) is 6.07 Å². The molecule has 0 radical (unpaired) electrons. The Balaban J connectivity index is 1.92. The Labute approximate surface area is 199 Å². The van der Waals surface area contributed by atoms with E-state index in [1.54, 1.807) is 35.4 Å². The monoisotopic (exact) mass is 500 g/mol. The van der Waals surface area contributed by atoms with Gasteiger partial charge in [0.05, 0.1) is 5.69 Å². The summed E-state index contributed by atoms with van der Waals surface area (Å²) in [6.07, 6.45) is 4.83. The minimum atomic E-state index is -4.99. The predicted octanol–water partition coefficient (Wildman–Crippen LogP) is 4.79. The second kappa shape index (κ2) is 9.34. The topological polar surface area (TPSA) is 85.2 Å². The number of hydrogen-bond donors (Lipinski definition) is 0. The number of aryl methyl sites for hydroxylation is 1. The average Bonchev–Trinajstić information content (AvgIpc) is 3.26. The maximum Gasteiger partial charge on any atom is 0.274 e. The highest BCUT2D eigenvalue weighted by molar-refractivity contribution is 7.93. The largest absolute Gasteiger partial charge is 0.274 e. The maximum absolute atomic E-state index is 15.9. The first kappa shape index (κ1) is 24.1. The van der Waals surface area contributed by atoms with Crippen LogP contribution in [0.15, 0.2) is 72.0 Å². The smallest absolute Gasteiger partial charge is 0.274 e. The van der Waals surface area contributed by atoms with Gasteiger partial charge in [-0.3, -0.25) is 14.5 Å². The summed E-state index contributed by atoms with van der Waals surface area (Å²) < 4.78 is 72.1. The van der Waals surface area contributed by atoms with Gasteiger partial charge in [0.25, 0.3) is 10.0 Å². The summed E-state index contributed by atoms with van der Waals surface area (Å²) in [7, 11) is -4.99. The van der Waals surface area contributed by atoms with Crippen molar-refractivity contribution in [3.05, 3.63) is 84.6 Å². The molecule has 0 aliphatic carbocycles. The summed E-state index contributed by atoms with van der Waals surface area (Å²) in [5, 5.41) is 4.42. The van der Waals surface area contributed by atoms with Crippen molar-refractivity contribution >= 4 is 21.6 Å². The van der Waals surface area contributed by atoms with Crippen LogP contribution in [0, 0.1) is 17.5 Å². The Hall–Kier alpha value is -3.99. The first-order valence-corrected chi connectivity index (χ1v) is 11.9. The van der Waals surface area contributed by atoms with E-state index in [2.05, 4.69) is 10.1 Å². The number of aromatic nitrogens is 3. The molecule has 35 heavy (non-hydrogen) atoms. The third kappa shape index (κ3) is 4.42. The van der Waals surface area contributed by atoms with Crippen molar-refractivity contribution in [1.29, 1.82) is 0 Å². The van der Waals surface area contributed by atoms with Gasteiger partial charge in [0.2, 0.25) is 5.91 Å². The normalized spacial score (nSPS) is 11.5. The molecule has 4 aromatic rings. The highest BCUT2D eigenvalue weighted by Crippen LogP contribution is 2.37. The lowest BCUT2D eigenvalue weighted by Gasteiger charge is -2.22. The van der Waals surface area contributed by atoms with Gasteiger partial charge in [-0.15, -0.1) is 0 Å².